The van der Waals surface area contributed by atoms with Crippen LogP contribution in [0.2, 0.25) is 0 Å². The van der Waals surface area contributed by atoms with Crippen molar-refractivity contribution in [2.24, 2.45) is 0 Å². The Balaban J connectivity index is 1.29. The maximum Gasteiger partial charge on any atom is 0.262 e. The van der Waals surface area contributed by atoms with E-state index in [1.165, 1.54) is 17.5 Å². The molecule has 0 saturated carbocycles. The molecular formula is C25H24N2O4. The molecule has 1 aliphatic rings. The lowest BCUT2D eigenvalue weighted by Crippen LogP contribution is -2.20. The number of ether oxygens (including phenoxy) is 2. The average molecular weight is 416 g/mol. The maximum absolute atomic E-state index is 12.5. The van der Waals surface area contributed by atoms with Gasteiger partial charge in [0.1, 0.15) is 11.5 Å². The third kappa shape index (κ3) is 5.22. The van der Waals surface area contributed by atoms with E-state index in [0.717, 1.165) is 18.5 Å². The third-order valence-corrected chi connectivity index (χ3v) is 5.20. The fraction of sp³-hybridized carbons (Fsp3) is 0.200. The van der Waals surface area contributed by atoms with Gasteiger partial charge in [0, 0.05) is 23.0 Å². The molecule has 2 amide bonds. The van der Waals surface area contributed by atoms with Crippen LogP contribution in [0.15, 0.2) is 66.7 Å². The van der Waals surface area contributed by atoms with Gasteiger partial charge in [-0.25, -0.2) is 0 Å². The highest BCUT2D eigenvalue weighted by molar-refractivity contribution is 6.04. The maximum atomic E-state index is 12.5. The van der Waals surface area contributed by atoms with Crippen LogP contribution in [0.25, 0.3) is 0 Å². The molecule has 0 spiro atoms. The van der Waals surface area contributed by atoms with E-state index in [-0.39, 0.29) is 18.4 Å². The van der Waals surface area contributed by atoms with E-state index < -0.39 is 0 Å². The Hall–Kier alpha value is -3.80. The minimum Gasteiger partial charge on any atom is -0.497 e. The van der Waals surface area contributed by atoms with Crippen molar-refractivity contribution >= 4 is 23.2 Å². The predicted octanol–water partition coefficient (Wildman–Crippen LogP) is 4.45. The molecule has 4 rings (SSSR count). The van der Waals surface area contributed by atoms with Gasteiger partial charge in [0.25, 0.3) is 11.8 Å². The van der Waals surface area contributed by atoms with Gasteiger partial charge in [-0.05, 0) is 78.9 Å². The van der Waals surface area contributed by atoms with Gasteiger partial charge in [0.05, 0.1) is 7.11 Å². The van der Waals surface area contributed by atoms with Crippen LogP contribution >= 0.6 is 0 Å². The minimum atomic E-state index is -0.285. The molecule has 3 aromatic rings. The molecule has 0 bridgehead atoms. The number of hydrogen-bond acceptors (Lipinski definition) is 4. The summed E-state index contributed by atoms with van der Waals surface area (Å²) in [6.07, 6.45) is 3.35. The van der Waals surface area contributed by atoms with Crippen molar-refractivity contribution in [1.82, 2.24) is 0 Å². The van der Waals surface area contributed by atoms with E-state index in [1.54, 1.807) is 55.6 Å². The lowest BCUT2D eigenvalue weighted by molar-refractivity contribution is -0.118. The summed E-state index contributed by atoms with van der Waals surface area (Å²) in [5, 5.41) is 5.69. The monoisotopic (exact) mass is 416 g/mol. The van der Waals surface area contributed by atoms with E-state index in [1.807, 2.05) is 6.07 Å². The highest BCUT2D eigenvalue weighted by Crippen LogP contribution is 2.25. The van der Waals surface area contributed by atoms with Gasteiger partial charge in [-0.2, -0.15) is 0 Å². The Kier molecular flexibility index (Phi) is 6.17. The normalized spacial score (nSPS) is 12.0. The summed E-state index contributed by atoms with van der Waals surface area (Å²) in [6.45, 7) is -0.141. The Morgan fingerprint density at radius 1 is 0.839 bits per heavy atom. The Bertz CT molecular complexity index is 1090. The van der Waals surface area contributed by atoms with Gasteiger partial charge in [-0.3, -0.25) is 9.59 Å². The number of nitrogens with one attached hydrogen (secondary N) is 2. The lowest BCUT2D eigenvalue weighted by atomic mass is 10.1. The number of benzene rings is 3. The summed E-state index contributed by atoms with van der Waals surface area (Å²) in [4.78, 5) is 24.6. The van der Waals surface area contributed by atoms with Crippen molar-refractivity contribution < 1.29 is 19.1 Å². The zero-order chi connectivity index (χ0) is 21.6. The molecule has 2 N–H and O–H groups in total. The highest BCUT2D eigenvalue weighted by Gasteiger charge is 2.13. The van der Waals surface area contributed by atoms with Gasteiger partial charge in [0.15, 0.2) is 6.61 Å². The second-order valence-corrected chi connectivity index (χ2v) is 7.38. The Morgan fingerprint density at radius 2 is 1.61 bits per heavy atom. The van der Waals surface area contributed by atoms with Gasteiger partial charge >= 0.3 is 0 Å². The van der Waals surface area contributed by atoms with Crippen molar-refractivity contribution in [3.63, 3.8) is 0 Å². The molecule has 6 heteroatoms. The predicted molar refractivity (Wildman–Crippen MR) is 120 cm³/mol. The first-order valence-electron chi connectivity index (χ1n) is 10.2. The van der Waals surface area contributed by atoms with Crippen molar-refractivity contribution in [3.05, 3.63) is 83.4 Å². The quantitative estimate of drug-likeness (QED) is 0.596. The summed E-state index contributed by atoms with van der Waals surface area (Å²) >= 11 is 0. The van der Waals surface area contributed by atoms with E-state index in [9.17, 15) is 9.59 Å². The average Bonchev–Trinajstić information content (AvgIpc) is 3.26. The number of amides is 2. The minimum absolute atomic E-state index is 0.141. The molecule has 1 aliphatic carbocycles. The summed E-state index contributed by atoms with van der Waals surface area (Å²) in [5.41, 5.74) is 4.64. The summed E-state index contributed by atoms with van der Waals surface area (Å²) in [7, 11) is 1.57. The van der Waals surface area contributed by atoms with E-state index in [2.05, 4.69) is 22.8 Å². The SMILES string of the molecule is COc1cccc(NC(=O)COc2ccc(C(=O)Nc3ccc4c(c3)CCC4)cc2)c1. The molecule has 158 valence electrons. The number of carbonyl (C=O) groups is 2. The van der Waals surface area contributed by atoms with E-state index in [0.29, 0.717) is 22.7 Å². The number of carbonyl (C=O) groups excluding carboxylic acids is 2. The Labute approximate surface area is 181 Å². The topological polar surface area (TPSA) is 76.7 Å². The number of anilines is 2. The number of rotatable bonds is 7. The van der Waals surface area contributed by atoms with Gasteiger partial charge in [-0.1, -0.05) is 12.1 Å². The molecule has 3 aromatic carbocycles. The molecule has 0 saturated heterocycles. The van der Waals surface area contributed by atoms with Crippen LogP contribution < -0.4 is 20.1 Å². The number of hydrogen-bond donors (Lipinski definition) is 2. The lowest BCUT2D eigenvalue weighted by Gasteiger charge is -2.10. The molecule has 0 fully saturated rings. The first kappa shape index (κ1) is 20.5. The molecule has 0 radical (unpaired) electrons. The van der Waals surface area contributed by atoms with Crippen LogP contribution in [0.4, 0.5) is 11.4 Å². The Morgan fingerprint density at radius 3 is 2.42 bits per heavy atom. The van der Waals surface area contributed by atoms with Crippen LogP contribution in [-0.4, -0.2) is 25.5 Å². The molecule has 0 unspecified atom stereocenters. The standard InChI is InChI=1S/C25H24N2O4/c1-30-23-7-3-6-20(15-23)26-24(28)16-31-22-12-9-18(10-13-22)25(29)27-21-11-8-17-4-2-5-19(17)14-21/h3,6-15H,2,4-5,16H2,1H3,(H,26,28)(H,27,29). The van der Waals surface area contributed by atoms with E-state index in [4.69, 9.17) is 9.47 Å². The third-order valence-electron chi connectivity index (χ3n) is 5.20. The second kappa shape index (κ2) is 9.34. The van der Waals surface area contributed by atoms with Crippen molar-refractivity contribution in [3.8, 4) is 11.5 Å². The van der Waals surface area contributed by atoms with Gasteiger partial charge < -0.3 is 20.1 Å². The summed E-state index contributed by atoms with van der Waals surface area (Å²) in [5.74, 6) is 0.703. The van der Waals surface area contributed by atoms with Crippen LogP contribution in [-0.2, 0) is 17.6 Å². The highest BCUT2D eigenvalue weighted by atomic mass is 16.5. The van der Waals surface area contributed by atoms with E-state index >= 15 is 0 Å². The first-order chi connectivity index (χ1) is 15.1. The zero-order valence-corrected chi connectivity index (χ0v) is 17.3. The number of fused-ring (bicyclic) bond motifs is 1. The van der Waals surface area contributed by atoms with Crippen LogP contribution in [0.1, 0.15) is 27.9 Å². The summed E-state index contributed by atoms with van der Waals surface area (Å²) in [6, 6.07) is 19.9. The van der Waals surface area contributed by atoms with Gasteiger partial charge in [0.2, 0.25) is 0 Å². The van der Waals surface area contributed by atoms with Gasteiger partial charge in [-0.15, -0.1) is 0 Å². The molecule has 31 heavy (non-hydrogen) atoms. The number of aryl methyl sites for hydroxylation is 2. The fourth-order valence-corrected chi connectivity index (χ4v) is 3.60. The molecular weight excluding hydrogens is 392 g/mol. The van der Waals surface area contributed by atoms with Crippen molar-refractivity contribution in [1.29, 1.82) is 0 Å². The zero-order valence-electron chi connectivity index (χ0n) is 17.3. The first-order valence-corrected chi connectivity index (χ1v) is 10.2. The van der Waals surface area contributed by atoms with Crippen LogP contribution in [0.5, 0.6) is 11.5 Å². The van der Waals surface area contributed by atoms with Crippen LogP contribution in [0.3, 0.4) is 0 Å². The second-order valence-electron chi connectivity index (χ2n) is 7.38. The molecule has 6 nitrogen and oxygen atoms in total. The van der Waals surface area contributed by atoms with Crippen LogP contribution in [0, 0.1) is 0 Å². The summed E-state index contributed by atoms with van der Waals surface area (Å²) < 4.78 is 10.7. The molecule has 0 aliphatic heterocycles. The number of methoxy groups -OCH3 is 1. The van der Waals surface area contributed by atoms with Crippen molar-refractivity contribution in [2.45, 2.75) is 19.3 Å². The fourth-order valence-electron chi connectivity index (χ4n) is 3.60. The largest absolute Gasteiger partial charge is 0.497 e. The molecule has 0 heterocycles. The molecule has 0 aromatic heterocycles. The molecule has 0 atom stereocenters. The van der Waals surface area contributed by atoms with Crippen molar-refractivity contribution in [2.75, 3.05) is 24.4 Å². The smallest absolute Gasteiger partial charge is 0.262 e.